The highest BCUT2D eigenvalue weighted by Crippen LogP contribution is 2.23. The van der Waals surface area contributed by atoms with Crippen LogP contribution in [0.25, 0.3) is 0 Å². The van der Waals surface area contributed by atoms with E-state index in [4.69, 9.17) is 4.74 Å². The van der Waals surface area contributed by atoms with E-state index in [9.17, 15) is 0 Å². The zero-order valence-electron chi connectivity index (χ0n) is 9.88. The molecule has 0 bridgehead atoms. The van der Waals surface area contributed by atoms with E-state index < -0.39 is 0 Å². The Bertz CT molecular complexity index is 147. The lowest BCUT2D eigenvalue weighted by molar-refractivity contribution is 0.0395. The zero-order valence-corrected chi connectivity index (χ0v) is 9.88. The Morgan fingerprint density at radius 2 is 1.93 bits per heavy atom. The van der Waals surface area contributed by atoms with E-state index in [1.54, 1.807) is 0 Å². The standard InChI is InChI=1S/C12H25NO/c1-10(2)14-9-11-7-5-4-6-8-12(11)13-3/h10-13H,4-9H2,1-3H3. The van der Waals surface area contributed by atoms with Crippen molar-refractivity contribution < 1.29 is 4.74 Å². The van der Waals surface area contributed by atoms with Gasteiger partial charge in [0.2, 0.25) is 0 Å². The summed E-state index contributed by atoms with van der Waals surface area (Å²) in [6.45, 7) is 5.17. The van der Waals surface area contributed by atoms with Crippen LogP contribution < -0.4 is 5.32 Å². The van der Waals surface area contributed by atoms with E-state index >= 15 is 0 Å². The monoisotopic (exact) mass is 199 g/mol. The van der Waals surface area contributed by atoms with Crippen LogP contribution in [-0.2, 0) is 4.74 Å². The van der Waals surface area contributed by atoms with Crippen molar-refractivity contribution >= 4 is 0 Å². The maximum absolute atomic E-state index is 5.73. The Labute approximate surface area is 88.4 Å². The lowest BCUT2D eigenvalue weighted by atomic mass is 9.96. The molecule has 1 saturated carbocycles. The molecule has 0 radical (unpaired) electrons. The lowest BCUT2D eigenvalue weighted by Gasteiger charge is -2.25. The van der Waals surface area contributed by atoms with Gasteiger partial charge in [0.25, 0.3) is 0 Å². The minimum atomic E-state index is 0.371. The second-order valence-corrected chi connectivity index (χ2v) is 4.68. The molecular formula is C12H25NO. The smallest absolute Gasteiger partial charge is 0.0519 e. The molecule has 14 heavy (non-hydrogen) atoms. The van der Waals surface area contributed by atoms with Gasteiger partial charge in [0, 0.05) is 6.04 Å². The Balaban J connectivity index is 2.36. The summed E-state index contributed by atoms with van der Waals surface area (Å²) in [5, 5.41) is 3.44. The maximum atomic E-state index is 5.73. The molecule has 0 saturated heterocycles. The average Bonchev–Trinajstić information content (AvgIpc) is 2.38. The van der Waals surface area contributed by atoms with Crippen molar-refractivity contribution in [2.75, 3.05) is 13.7 Å². The van der Waals surface area contributed by atoms with E-state index in [0.717, 1.165) is 12.5 Å². The number of rotatable bonds is 4. The fraction of sp³-hybridized carbons (Fsp3) is 1.00. The molecule has 0 aromatic heterocycles. The summed E-state index contributed by atoms with van der Waals surface area (Å²) in [5.74, 6) is 0.727. The summed E-state index contributed by atoms with van der Waals surface area (Å²) in [4.78, 5) is 0. The highest BCUT2D eigenvalue weighted by molar-refractivity contribution is 4.78. The predicted octanol–water partition coefficient (Wildman–Crippen LogP) is 2.58. The third-order valence-corrected chi connectivity index (χ3v) is 3.17. The Morgan fingerprint density at radius 3 is 2.57 bits per heavy atom. The molecule has 0 spiro atoms. The minimum Gasteiger partial charge on any atom is -0.378 e. The molecule has 1 aliphatic carbocycles. The van der Waals surface area contributed by atoms with E-state index in [2.05, 4.69) is 26.2 Å². The molecule has 0 aromatic carbocycles. The van der Waals surface area contributed by atoms with Crippen LogP contribution in [0.1, 0.15) is 46.0 Å². The molecule has 2 unspecified atom stereocenters. The molecule has 1 aliphatic rings. The van der Waals surface area contributed by atoms with Crippen LogP contribution in [0.4, 0.5) is 0 Å². The average molecular weight is 199 g/mol. The minimum absolute atomic E-state index is 0.371. The van der Waals surface area contributed by atoms with Crippen LogP contribution in [0.3, 0.4) is 0 Å². The third kappa shape index (κ3) is 3.97. The van der Waals surface area contributed by atoms with Crippen LogP contribution in [0.2, 0.25) is 0 Å². The molecule has 1 N–H and O–H groups in total. The molecule has 2 nitrogen and oxygen atoms in total. The SMILES string of the molecule is CNC1CCCCCC1COC(C)C. The fourth-order valence-electron chi connectivity index (χ4n) is 2.28. The lowest BCUT2D eigenvalue weighted by Crippen LogP contribution is -2.35. The second-order valence-electron chi connectivity index (χ2n) is 4.68. The van der Waals surface area contributed by atoms with Gasteiger partial charge >= 0.3 is 0 Å². The summed E-state index contributed by atoms with van der Waals surface area (Å²) in [6, 6.07) is 0.677. The number of nitrogens with one attached hydrogen (secondary N) is 1. The normalized spacial score (nSPS) is 29.1. The summed E-state index contributed by atoms with van der Waals surface area (Å²) < 4.78 is 5.73. The topological polar surface area (TPSA) is 21.3 Å². The Kier molecular flexibility index (Phi) is 5.49. The number of hydrogen-bond acceptors (Lipinski definition) is 2. The molecule has 0 heterocycles. The molecule has 0 aromatic rings. The molecule has 2 heteroatoms. The van der Waals surface area contributed by atoms with Gasteiger partial charge in [0.05, 0.1) is 12.7 Å². The summed E-state index contributed by atoms with van der Waals surface area (Å²) in [5.41, 5.74) is 0. The predicted molar refractivity (Wildman–Crippen MR) is 60.5 cm³/mol. The van der Waals surface area contributed by atoms with Crippen LogP contribution >= 0.6 is 0 Å². The van der Waals surface area contributed by atoms with Crippen molar-refractivity contribution in [3.8, 4) is 0 Å². The quantitative estimate of drug-likeness (QED) is 0.703. The largest absolute Gasteiger partial charge is 0.378 e. The highest BCUT2D eigenvalue weighted by atomic mass is 16.5. The van der Waals surface area contributed by atoms with E-state index in [-0.39, 0.29) is 0 Å². The molecular weight excluding hydrogens is 174 g/mol. The number of ether oxygens (including phenoxy) is 1. The van der Waals surface area contributed by atoms with E-state index in [1.807, 2.05) is 0 Å². The molecule has 0 amide bonds. The summed E-state index contributed by atoms with van der Waals surface area (Å²) >= 11 is 0. The Morgan fingerprint density at radius 1 is 1.21 bits per heavy atom. The van der Waals surface area contributed by atoms with E-state index in [1.165, 1.54) is 32.1 Å². The van der Waals surface area contributed by atoms with Gasteiger partial charge in [-0.1, -0.05) is 19.3 Å². The van der Waals surface area contributed by atoms with Crippen molar-refractivity contribution in [2.24, 2.45) is 5.92 Å². The molecule has 84 valence electrons. The van der Waals surface area contributed by atoms with E-state index in [0.29, 0.717) is 12.1 Å². The molecule has 1 fully saturated rings. The van der Waals surface area contributed by atoms with Crippen LogP contribution in [0.5, 0.6) is 0 Å². The summed E-state index contributed by atoms with van der Waals surface area (Å²) in [7, 11) is 2.08. The number of hydrogen-bond donors (Lipinski definition) is 1. The molecule has 1 rings (SSSR count). The first-order valence-electron chi connectivity index (χ1n) is 6.03. The van der Waals surface area contributed by atoms with Gasteiger partial charge in [0.15, 0.2) is 0 Å². The first kappa shape index (κ1) is 12.0. The van der Waals surface area contributed by atoms with Crippen LogP contribution in [0.15, 0.2) is 0 Å². The van der Waals surface area contributed by atoms with Gasteiger partial charge < -0.3 is 10.1 Å². The van der Waals surface area contributed by atoms with Crippen LogP contribution in [-0.4, -0.2) is 25.8 Å². The van der Waals surface area contributed by atoms with Gasteiger partial charge in [-0.2, -0.15) is 0 Å². The maximum Gasteiger partial charge on any atom is 0.0519 e. The molecule has 0 aliphatic heterocycles. The van der Waals surface area contributed by atoms with Gasteiger partial charge in [-0.25, -0.2) is 0 Å². The van der Waals surface area contributed by atoms with Crippen molar-refractivity contribution in [1.29, 1.82) is 0 Å². The van der Waals surface area contributed by atoms with Gasteiger partial charge in [-0.15, -0.1) is 0 Å². The van der Waals surface area contributed by atoms with Gasteiger partial charge in [0.1, 0.15) is 0 Å². The first-order valence-corrected chi connectivity index (χ1v) is 6.03. The van der Waals surface area contributed by atoms with Crippen molar-refractivity contribution in [3.63, 3.8) is 0 Å². The van der Waals surface area contributed by atoms with Crippen molar-refractivity contribution in [3.05, 3.63) is 0 Å². The van der Waals surface area contributed by atoms with Crippen molar-refractivity contribution in [1.82, 2.24) is 5.32 Å². The second kappa shape index (κ2) is 6.41. The Hall–Kier alpha value is -0.0800. The first-order chi connectivity index (χ1) is 6.74. The van der Waals surface area contributed by atoms with Gasteiger partial charge in [-0.05, 0) is 39.7 Å². The fourth-order valence-corrected chi connectivity index (χ4v) is 2.28. The molecule has 2 atom stereocenters. The van der Waals surface area contributed by atoms with Crippen LogP contribution in [0, 0.1) is 5.92 Å². The summed E-state index contributed by atoms with van der Waals surface area (Å²) in [6.07, 6.45) is 7.18. The zero-order chi connectivity index (χ0) is 10.4. The highest BCUT2D eigenvalue weighted by Gasteiger charge is 2.22. The van der Waals surface area contributed by atoms with Crippen molar-refractivity contribution in [2.45, 2.75) is 58.1 Å². The third-order valence-electron chi connectivity index (χ3n) is 3.17. The van der Waals surface area contributed by atoms with Gasteiger partial charge in [-0.3, -0.25) is 0 Å².